The number of benzene rings is 6. The SMILES string of the molecule is Cc1cc(C2(c3ccc(OS(=O)(=O)c4cccc(F)c4)c(C)c3)c3ccccc3-c3ccccc32)ccc1OS(=O)(=O)c1cccc(F)c1. The quantitative estimate of drug-likeness (QED) is 0.148. The minimum Gasteiger partial charge on any atom is -0.379 e. The normalized spacial score (nSPS) is 13.4. The van der Waals surface area contributed by atoms with E-state index in [-0.39, 0.29) is 21.3 Å². The molecule has 10 heteroatoms. The number of fused-ring (bicyclic) bond motifs is 3. The third kappa shape index (κ3) is 5.56. The van der Waals surface area contributed by atoms with E-state index in [2.05, 4.69) is 0 Å². The van der Waals surface area contributed by atoms with Crippen molar-refractivity contribution in [3.8, 4) is 22.6 Å². The van der Waals surface area contributed by atoms with Gasteiger partial charge in [-0.3, -0.25) is 0 Å². The molecule has 0 amide bonds. The van der Waals surface area contributed by atoms with Crippen molar-refractivity contribution < 1.29 is 34.0 Å². The summed E-state index contributed by atoms with van der Waals surface area (Å²) >= 11 is 0. The van der Waals surface area contributed by atoms with Crippen LogP contribution in [0.1, 0.15) is 33.4 Å². The first-order valence-electron chi connectivity index (χ1n) is 15.2. The van der Waals surface area contributed by atoms with Gasteiger partial charge in [0.15, 0.2) is 0 Å². The molecule has 0 aromatic heterocycles. The molecule has 0 saturated heterocycles. The van der Waals surface area contributed by atoms with E-state index in [1.54, 1.807) is 38.1 Å². The van der Waals surface area contributed by atoms with Crippen LogP contribution in [0.4, 0.5) is 8.78 Å². The molecule has 6 aromatic rings. The van der Waals surface area contributed by atoms with Crippen molar-refractivity contribution in [3.05, 3.63) is 178 Å². The molecule has 0 atom stereocenters. The van der Waals surface area contributed by atoms with E-state index in [1.165, 1.54) is 24.3 Å². The fourth-order valence-corrected chi connectivity index (χ4v) is 8.60. The maximum atomic E-state index is 13.8. The van der Waals surface area contributed by atoms with Gasteiger partial charge in [-0.1, -0.05) is 84.9 Å². The smallest absolute Gasteiger partial charge is 0.339 e. The Morgan fingerprint density at radius 1 is 0.490 bits per heavy atom. The van der Waals surface area contributed by atoms with Crippen molar-refractivity contribution in [2.24, 2.45) is 0 Å². The minimum absolute atomic E-state index is 0.0882. The zero-order valence-electron chi connectivity index (χ0n) is 26.2. The van der Waals surface area contributed by atoms with Gasteiger partial charge in [0, 0.05) is 0 Å². The van der Waals surface area contributed by atoms with E-state index < -0.39 is 37.3 Å². The molecule has 0 heterocycles. The summed E-state index contributed by atoms with van der Waals surface area (Å²) in [4.78, 5) is -0.605. The summed E-state index contributed by atoms with van der Waals surface area (Å²) < 4.78 is 91.0. The van der Waals surface area contributed by atoms with Crippen LogP contribution in [0.2, 0.25) is 0 Å². The van der Waals surface area contributed by atoms with Crippen LogP contribution in [0.5, 0.6) is 11.5 Å². The fourth-order valence-electron chi connectivity index (χ4n) is 6.55. The highest BCUT2D eigenvalue weighted by atomic mass is 32.2. The summed E-state index contributed by atoms with van der Waals surface area (Å²) in [6.07, 6.45) is 0. The van der Waals surface area contributed by atoms with Crippen molar-refractivity contribution in [2.75, 3.05) is 0 Å². The van der Waals surface area contributed by atoms with Gasteiger partial charge in [-0.2, -0.15) is 16.8 Å². The molecule has 0 radical (unpaired) electrons. The van der Waals surface area contributed by atoms with Gasteiger partial charge in [0.25, 0.3) is 0 Å². The molecule has 0 aliphatic heterocycles. The molecular formula is C39H28F2O6S2. The summed E-state index contributed by atoms with van der Waals surface area (Å²) in [6.45, 7) is 3.47. The highest BCUT2D eigenvalue weighted by Gasteiger charge is 2.46. The van der Waals surface area contributed by atoms with Crippen LogP contribution in [0, 0.1) is 25.5 Å². The summed E-state index contributed by atoms with van der Waals surface area (Å²) in [6, 6.07) is 35.7. The molecule has 1 aliphatic rings. The topological polar surface area (TPSA) is 86.7 Å². The molecule has 1 aliphatic carbocycles. The second-order valence-corrected chi connectivity index (χ2v) is 14.9. The Morgan fingerprint density at radius 3 is 1.29 bits per heavy atom. The number of halogens is 2. The molecule has 6 aromatic carbocycles. The van der Waals surface area contributed by atoms with Crippen molar-refractivity contribution in [2.45, 2.75) is 29.1 Å². The average Bonchev–Trinajstić information content (AvgIpc) is 3.38. The second-order valence-electron chi connectivity index (χ2n) is 11.8. The first-order chi connectivity index (χ1) is 23.4. The third-order valence-corrected chi connectivity index (χ3v) is 11.2. The largest absolute Gasteiger partial charge is 0.379 e. The van der Waals surface area contributed by atoms with Gasteiger partial charge >= 0.3 is 20.2 Å². The van der Waals surface area contributed by atoms with Crippen LogP contribution < -0.4 is 8.37 Å². The van der Waals surface area contributed by atoms with Gasteiger partial charge in [0.1, 0.15) is 32.9 Å². The summed E-state index contributed by atoms with van der Waals surface area (Å²) in [5.41, 5.74) is 5.70. The lowest BCUT2D eigenvalue weighted by Crippen LogP contribution is -2.29. The Labute approximate surface area is 283 Å². The van der Waals surface area contributed by atoms with E-state index in [4.69, 9.17) is 8.37 Å². The number of aryl methyl sites for hydroxylation is 2. The predicted octanol–water partition coefficient (Wildman–Crippen LogP) is 8.48. The molecule has 6 nitrogen and oxygen atoms in total. The number of hydrogen-bond acceptors (Lipinski definition) is 6. The van der Waals surface area contributed by atoms with Crippen LogP contribution >= 0.6 is 0 Å². The molecule has 0 fully saturated rings. The van der Waals surface area contributed by atoms with E-state index in [9.17, 15) is 25.6 Å². The van der Waals surface area contributed by atoms with E-state index in [1.807, 2.05) is 60.7 Å². The molecular weight excluding hydrogens is 667 g/mol. The Balaban J connectivity index is 1.37. The van der Waals surface area contributed by atoms with Gasteiger partial charge in [0.05, 0.1) is 5.41 Å². The lowest BCUT2D eigenvalue weighted by atomic mass is 9.67. The molecule has 0 spiro atoms. The molecule has 0 unspecified atom stereocenters. The summed E-state index contributed by atoms with van der Waals surface area (Å²) in [7, 11) is -8.65. The molecule has 246 valence electrons. The zero-order chi connectivity index (χ0) is 34.6. The Bertz CT molecular complexity index is 2320. The molecule has 0 saturated carbocycles. The van der Waals surface area contributed by atoms with Crippen molar-refractivity contribution in [1.29, 1.82) is 0 Å². The van der Waals surface area contributed by atoms with Gasteiger partial charge < -0.3 is 8.37 Å². The van der Waals surface area contributed by atoms with Crippen LogP contribution in [-0.2, 0) is 25.7 Å². The predicted molar refractivity (Wildman–Crippen MR) is 182 cm³/mol. The van der Waals surface area contributed by atoms with Crippen LogP contribution in [0.15, 0.2) is 143 Å². The van der Waals surface area contributed by atoms with Gasteiger partial charge in [-0.05, 0) is 107 Å². The van der Waals surface area contributed by atoms with Gasteiger partial charge in [-0.15, -0.1) is 0 Å². The molecule has 49 heavy (non-hydrogen) atoms. The monoisotopic (exact) mass is 694 g/mol. The maximum absolute atomic E-state index is 13.8. The Hall–Kier alpha value is -5.32. The second kappa shape index (κ2) is 12.0. The van der Waals surface area contributed by atoms with Crippen molar-refractivity contribution >= 4 is 20.2 Å². The zero-order valence-corrected chi connectivity index (χ0v) is 27.9. The van der Waals surface area contributed by atoms with Crippen molar-refractivity contribution in [1.82, 2.24) is 0 Å². The standard InChI is InChI=1S/C39H28F2O6S2/c1-25-21-27(17-19-37(25)46-48(42,43)31-11-7-9-29(40)23-31)39(35-15-5-3-13-33(35)34-14-4-6-16-36(34)39)28-18-20-38(26(2)22-28)47-49(44,45)32-12-8-10-30(41)24-32/h3-24H,1-2H3. The minimum atomic E-state index is -4.33. The van der Waals surface area contributed by atoms with E-state index in [0.29, 0.717) is 11.1 Å². The first-order valence-corrected chi connectivity index (χ1v) is 18.0. The lowest BCUT2D eigenvalue weighted by Gasteiger charge is -2.34. The molecule has 0 N–H and O–H groups in total. The highest BCUT2D eigenvalue weighted by molar-refractivity contribution is 7.87. The lowest BCUT2D eigenvalue weighted by molar-refractivity contribution is 0.481. The van der Waals surface area contributed by atoms with Crippen molar-refractivity contribution in [3.63, 3.8) is 0 Å². The summed E-state index contributed by atoms with van der Waals surface area (Å²) in [5.74, 6) is -1.22. The Kier molecular flexibility index (Phi) is 7.88. The highest BCUT2D eigenvalue weighted by Crippen LogP contribution is 2.56. The van der Waals surface area contributed by atoms with E-state index >= 15 is 0 Å². The average molecular weight is 695 g/mol. The Morgan fingerprint density at radius 2 is 0.898 bits per heavy atom. The first kappa shape index (κ1) is 32.2. The number of rotatable bonds is 8. The van der Waals surface area contributed by atoms with Crippen LogP contribution in [0.3, 0.4) is 0 Å². The molecule has 0 bridgehead atoms. The van der Waals surface area contributed by atoms with Crippen LogP contribution in [-0.4, -0.2) is 16.8 Å². The van der Waals surface area contributed by atoms with E-state index in [0.717, 1.165) is 57.6 Å². The molecule has 7 rings (SSSR count). The summed E-state index contributed by atoms with van der Waals surface area (Å²) in [5, 5.41) is 0. The fraction of sp³-hybridized carbons (Fsp3) is 0.0769. The third-order valence-electron chi connectivity index (χ3n) is 8.74. The maximum Gasteiger partial charge on any atom is 0.339 e. The van der Waals surface area contributed by atoms with Gasteiger partial charge in [-0.25, -0.2) is 8.78 Å². The number of hydrogen-bond donors (Lipinski definition) is 0. The van der Waals surface area contributed by atoms with Gasteiger partial charge in [0.2, 0.25) is 0 Å². The van der Waals surface area contributed by atoms with Crippen LogP contribution in [0.25, 0.3) is 11.1 Å².